The first-order valence-corrected chi connectivity index (χ1v) is 8.24. The van der Waals surface area contributed by atoms with Crippen LogP contribution in [-0.2, 0) is 9.53 Å². The summed E-state index contributed by atoms with van der Waals surface area (Å²) >= 11 is 1.60. The van der Waals surface area contributed by atoms with Crippen LogP contribution >= 0.6 is 11.3 Å². The van der Waals surface area contributed by atoms with Gasteiger partial charge in [-0.1, -0.05) is 13.8 Å². The number of amides is 1. The van der Waals surface area contributed by atoms with E-state index < -0.39 is 5.54 Å². The smallest absolute Gasteiger partial charge is 0.241 e. The van der Waals surface area contributed by atoms with E-state index in [2.05, 4.69) is 10.3 Å². The van der Waals surface area contributed by atoms with Crippen LogP contribution in [0.5, 0.6) is 0 Å². The number of carbonyl (C=O) groups excluding carboxylic acids is 1. The molecular formula is C15H23N3O2S. The highest BCUT2D eigenvalue weighted by atomic mass is 32.1. The molecule has 4 unspecified atom stereocenters. The normalized spacial score (nSPS) is 34.9. The molecule has 1 aromatic heterocycles. The average molecular weight is 309 g/mol. The summed E-state index contributed by atoms with van der Waals surface area (Å²) in [4.78, 5) is 18.3. The zero-order valence-electron chi connectivity index (χ0n) is 13.0. The minimum absolute atomic E-state index is 0.0837. The quantitative estimate of drug-likeness (QED) is 0.892. The van der Waals surface area contributed by atoms with Gasteiger partial charge in [0.2, 0.25) is 5.91 Å². The number of nitrogens with one attached hydrogen (secondary N) is 1. The van der Waals surface area contributed by atoms with E-state index in [1.807, 2.05) is 33.9 Å². The van der Waals surface area contributed by atoms with Gasteiger partial charge in [0, 0.05) is 29.0 Å². The van der Waals surface area contributed by atoms with Gasteiger partial charge < -0.3 is 15.8 Å². The van der Waals surface area contributed by atoms with Crippen LogP contribution in [0.15, 0.2) is 6.20 Å². The van der Waals surface area contributed by atoms with Crippen molar-refractivity contribution in [2.24, 2.45) is 17.1 Å². The molecule has 1 amide bonds. The summed E-state index contributed by atoms with van der Waals surface area (Å²) < 4.78 is 5.74. The number of hydrogen-bond donors (Lipinski definition) is 2. The Morgan fingerprint density at radius 1 is 1.62 bits per heavy atom. The number of nitrogens with zero attached hydrogens (tertiary/aromatic N) is 1. The Kier molecular flexibility index (Phi) is 3.39. The molecule has 4 atom stereocenters. The van der Waals surface area contributed by atoms with Crippen LogP contribution < -0.4 is 11.1 Å². The van der Waals surface area contributed by atoms with E-state index in [0.717, 1.165) is 16.3 Å². The summed E-state index contributed by atoms with van der Waals surface area (Å²) in [7, 11) is 0. The molecule has 2 heterocycles. The number of fused-ring (bicyclic) bond motifs is 1. The van der Waals surface area contributed by atoms with Crippen molar-refractivity contribution in [1.82, 2.24) is 10.3 Å². The Morgan fingerprint density at radius 3 is 2.95 bits per heavy atom. The lowest BCUT2D eigenvalue weighted by Gasteiger charge is -2.60. The molecule has 1 saturated heterocycles. The van der Waals surface area contributed by atoms with Crippen molar-refractivity contribution in [3.05, 3.63) is 16.1 Å². The zero-order valence-corrected chi connectivity index (χ0v) is 13.8. The first-order chi connectivity index (χ1) is 9.78. The highest BCUT2D eigenvalue weighted by Crippen LogP contribution is 2.58. The van der Waals surface area contributed by atoms with Gasteiger partial charge in [-0.25, -0.2) is 4.98 Å². The van der Waals surface area contributed by atoms with E-state index >= 15 is 0 Å². The van der Waals surface area contributed by atoms with Gasteiger partial charge in [-0.3, -0.25) is 4.79 Å². The van der Waals surface area contributed by atoms with Crippen LogP contribution in [0, 0.1) is 18.3 Å². The van der Waals surface area contributed by atoms with E-state index in [1.165, 1.54) is 0 Å². The van der Waals surface area contributed by atoms with Crippen LogP contribution in [0.1, 0.15) is 43.1 Å². The van der Waals surface area contributed by atoms with Crippen molar-refractivity contribution in [1.29, 1.82) is 0 Å². The maximum atomic E-state index is 12.8. The Hall–Kier alpha value is -0.980. The van der Waals surface area contributed by atoms with Gasteiger partial charge in [0.15, 0.2) is 0 Å². The number of carbonyl (C=O) groups is 1. The van der Waals surface area contributed by atoms with E-state index in [0.29, 0.717) is 6.61 Å². The van der Waals surface area contributed by atoms with Crippen molar-refractivity contribution in [2.45, 2.75) is 51.8 Å². The third kappa shape index (κ3) is 1.96. The second kappa shape index (κ2) is 4.76. The molecule has 5 nitrogen and oxygen atoms in total. The lowest BCUT2D eigenvalue weighted by Crippen LogP contribution is -2.80. The minimum atomic E-state index is -0.852. The molecule has 116 valence electrons. The molecule has 2 fully saturated rings. The van der Waals surface area contributed by atoms with E-state index in [-0.39, 0.29) is 29.4 Å². The number of aromatic nitrogens is 1. The lowest BCUT2D eigenvalue weighted by molar-refractivity contribution is -0.175. The molecule has 21 heavy (non-hydrogen) atoms. The Balaban J connectivity index is 1.76. The Labute approximate surface area is 129 Å². The van der Waals surface area contributed by atoms with Gasteiger partial charge in [-0.05, 0) is 20.3 Å². The number of ether oxygens (including phenoxy) is 1. The first-order valence-electron chi connectivity index (χ1n) is 7.42. The molecule has 0 radical (unpaired) electrons. The van der Waals surface area contributed by atoms with Gasteiger partial charge in [0.05, 0.1) is 12.1 Å². The van der Waals surface area contributed by atoms with Crippen LogP contribution in [0.2, 0.25) is 0 Å². The molecule has 1 aliphatic heterocycles. The fraction of sp³-hybridized carbons (Fsp3) is 0.733. The molecule has 1 aromatic rings. The molecule has 3 rings (SSSR count). The molecule has 0 spiro atoms. The Morgan fingerprint density at radius 2 is 2.33 bits per heavy atom. The van der Waals surface area contributed by atoms with Crippen molar-refractivity contribution >= 4 is 17.2 Å². The van der Waals surface area contributed by atoms with Crippen molar-refractivity contribution in [3.8, 4) is 0 Å². The summed E-state index contributed by atoms with van der Waals surface area (Å²) in [6.07, 6.45) is 2.79. The maximum absolute atomic E-state index is 12.8. The fourth-order valence-corrected chi connectivity index (χ4v) is 4.57. The van der Waals surface area contributed by atoms with E-state index in [1.54, 1.807) is 11.3 Å². The fourth-order valence-electron chi connectivity index (χ4n) is 3.80. The van der Waals surface area contributed by atoms with Gasteiger partial charge in [0.25, 0.3) is 0 Å². The number of nitrogens with two attached hydrogens (primary N) is 1. The van der Waals surface area contributed by atoms with Crippen molar-refractivity contribution in [2.75, 3.05) is 6.61 Å². The van der Waals surface area contributed by atoms with Gasteiger partial charge in [-0.15, -0.1) is 11.3 Å². The SMILES string of the molecule is Cc1cnc(C(C)NC(=O)C2(N)C3CCOC3C2(C)C)s1. The first kappa shape index (κ1) is 14.9. The predicted octanol–water partition coefficient (Wildman–Crippen LogP) is 1.77. The largest absolute Gasteiger partial charge is 0.377 e. The molecule has 2 aliphatic rings. The number of rotatable bonds is 3. The van der Waals surface area contributed by atoms with Crippen LogP contribution in [0.3, 0.4) is 0 Å². The second-order valence-corrected chi connectivity index (χ2v) is 8.05. The molecule has 1 aliphatic carbocycles. The average Bonchev–Trinajstić information content (AvgIpc) is 3.05. The topological polar surface area (TPSA) is 77.2 Å². The minimum Gasteiger partial charge on any atom is -0.377 e. The van der Waals surface area contributed by atoms with E-state index in [4.69, 9.17) is 10.5 Å². The number of hydrogen-bond acceptors (Lipinski definition) is 5. The van der Waals surface area contributed by atoms with E-state index in [9.17, 15) is 4.79 Å². The highest BCUT2D eigenvalue weighted by molar-refractivity contribution is 7.11. The predicted molar refractivity (Wildman–Crippen MR) is 82.0 cm³/mol. The molecule has 1 saturated carbocycles. The summed E-state index contributed by atoms with van der Waals surface area (Å²) in [6, 6.07) is -0.117. The summed E-state index contributed by atoms with van der Waals surface area (Å²) in [5.74, 6) is 0.0392. The van der Waals surface area contributed by atoms with Crippen molar-refractivity contribution < 1.29 is 9.53 Å². The Bertz CT molecular complexity index is 571. The van der Waals surface area contributed by atoms with Crippen LogP contribution in [-0.4, -0.2) is 29.1 Å². The summed E-state index contributed by atoms with van der Waals surface area (Å²) in [6.45, 7) is 8.71. The standard InChI is InChI=1S/C15H23N3O2S/c1-8-7-17-12(21-8)9(2)18-13(19)15(16)10-5-6-20-11(10)14(15,3)4/h7,9-11H,5-6,16H2,1-4H3,(H,18,19). The highest BCUT2D eigenvalue weighted by Gasteiger charge is 2.71. The molecular weight excluding hydrogens is 286 g/mol. The molecule has 0 aromatic carbocycles. The monoisotopic (exact) mass is 309 g/mol. The van der Waals surface area contributed by atoms with Gasteiger partial charge >= 0.3 is 0 Å². The zero-order chi connectivity index (χ0) is 15.4. The van der Waals surface area contributed by atoms with Crippen LogP contribution in [0.4, 0.5) is 0 Å². The maximum Gasteiger partial charge on any atom is 0.241 e. The third-order valence-corrected chi connectivity index (χ3v) is 6.28. The van der Waals surface area contributed by atoms with Gasteiger partial charge in [-0.2, -0.15) is 0 Å². The lowest BCUT2D eigenvalue weighted by atomic mass is 9.48. The number of aryl methyl sites for hydroxylation is 1. The second-order valence-electron chi connectivity index (χ2n) is 6.78. The summed E-state index contributed by atoms with van der Waals surface area (Å²) in [5, 5.41) is 3.97. The molecule has 0 bridgehead atoms. The summed E-state index contributed by atoms with van der Waals surface area (Å²) in [5.41, 5.74) is 5.34. The molecule has 6 heteroatoms. The van der Waals surface area contributed by atoms with Crippen molar-refractivity contribution in [3.63, 3.8) is 0 Å². The third-order valence-electron chi connectivity index (χ3n) is 5.19. The van der Waals surface area contributed by atoms with Crippen LogP contribution in [0.25, 0.3) is 0 Å². The molecule has 3 N–H and O–H groups in total. The van der Waals surface area contributed by atoms with Gasteiger partial charge in [0.1, 0.15) is 10.5 Å². The number of thiazole rings is 1.